The van der Waals surface area contributed by atoms with E-state index in [2.05, 4.69) is 5.32 Å². The van der Waals surface area contributed by atoms with Gasteiger partial charge in [-0.25, -0.2) is 0 Å². The zero-order valence-electron chi connectivity index (χ0n) is 11.7. The van der Waals surface area contributed by atoms with Crippen LogP contribution in [0.15, 0.2) is 12.1 Å². The van der Waals surface area contributed by atoms with E-state index in [4.69, 9.17) is 37.8 Å². The van der Waals surface area contributed by atoms with Crippen molar-refractivity contribution in [3.05, 3.63) is 22.2 Å². The van der Waals surface area contributed by atoms with Gasteiger partial charge in [0.2, 0.25) is 5.91 Å². The molecule has 1 rings (SSSR count). The first-order valence-electron chi connectivity index (χ1n) is 6.14. The summed E-state index contributed by atoms with van der Waals surface area (Å²) in [4.78, 5) is 22.0. The summed E-state index contributed by atoms with van der Waals surface area (Å²) in [5, 5.41) is 11.6. The number of amides is 1. The Balaban J connectivity index is 2.61. The largest absolute Gasteiger partial charge is 0.488 e. The predicted molar refractivity (Wildman–Crippen MR) is 87.4 cm³/mol. The second-order valence-corrected chi connectivity index (χ2v) is 5.84. The maximum absolute atomic E-state index is 11.7. The molecule has 0 heterocycles. The smallest absolute Gasteiger partial charge is 0.313 e. The van der Waals surface area contributed by atoms with Crippen molar-refractivity contribution in [2.45, 2.75) is 0 Å². The van der Waals surface area contributed by atoms with Gasteiger partial charge in [-0.1, -0.05) is 23.2 Å². The first-order chi connectivity index (χ1) is 10.4. The maximum Gasteiger partial charge on any atom is 0.313 e. The number of halogens is 2. The molecule has 0 saturated heterocycles. The number of nitrogens with one attached hydrogen (secondary N) is 1. The lowest BCUT2D eigenvalue weighted by atomic mass is 10.3. The molecule has 0 aliphatic rings. The van der Waals surface area contributed by atoms with Gasteiger partial charge in [0.1, 0.15) is 6.61 Å². The van der Waals surface area contributed by atoms with Crippen LogP contribution >= 0.6 is 35.0 Å². The number of anilines is 1. The molecule has 122 valence electrons. The van der Waals surface area contributed by atoms with Gasteiger partial charge in [0.05, 0.1) is 28.2 Å². The summed E-state index contributed by atoms with van der Waals surface area (Å²) in [5.74, 6) is -1.11. The molecule has 0 aliphatic heterocycles. The van der Waals surface area contributed by atoms with Crippen molar-refractivity contribution in [2.75, 3.05) is 37.1 Å². The molecule has 0 aromatic heterocycles. The number of benzene rings is 1. The van der Waals surface area contributed by atoms with Crippen LogP contribution < -0.4 is 10.1 Å². The van der Waals surface area contributed by atoms with Gasteiger partial charge in [0.25, 0.3) is 0 Å². The van der Waals surface area contributed by atoms with Crippen molar-refractivity contribution in [3.63, 3.8) is 0 Å². The highest BCUT2D eigenvalue weighted by molar-refractivity contribution is 8.00. The van der Waals surface area contributed by atoms with Gasteiger partial charge >= 0.3 is 5.97 Å². The van der Waals surface area contributed by atoms with Crippen LogP contribution in [-0.2, 0) is 14.3 Å². The van der Waals surface area contributed by atoms with E-state index in [1.54, 1.807) is 7.11 Å². The van der Waals surface area contributed by atoms with Crippen molar-refractivity contribution in [1.29, 1.82) is 0 Å². The number of carbonyl (C=O) groups excluding carboxylic acids is 1. The van der Waals surface area contributed by atoms with Crippen LogP contribution in [0.5, 0.6) is 5.75 Å². The quantitative estimate of drug-likeness (QED) is 0.652. The Labute approximate surface area is 142 Å². The van der Waals surface area contributed by atoms with Gasteiger partial charge < -0.3 is 19.9 Å². The average molecular weight is 368 g/mol. The van der Waals surface area contributed by atoms with Gasteiger partial charge in [-0.2, -0.15) is 0 Å². The van der Waals surface area contributed by atoms with E-state index < -0.39 is 5.97 Å². The topological polar surface area (TPSA) is 84.9 Å². The van der Waals surface area contributed by atoms with Gasteiger partial charge in [-0.05, 0) is 12.1 Å². The summed E-state index contributed by atoms with van der Waals surface area (Å²) in [6.07, 6.45) is 0. The second kappa shape index (κ2) is 9.78. The van der Waals surface area contributed by atoms with Gasteiger partial charge in [0.15, 0.2) is 5.75 Å². The third-order valence-electron chi connectivity index (χ3n) is 2.27. The highest BCUT2D eigenvalue weighted by Crippen LogP contribution is 2.36. The summed E-state index contributed by atoms with van der Waals surface area (Å²) in [6, 6.07) is 3.02. The molecule has 22 heavy (non-hydrogen) atoms. The molecular formula is C13H15Cl2NO5S. The van der Waals surface area contributed by atoms with E-state index in [0.717, 1.165) is 11.8 Å². The number of carbonyl (C=O) groups is 2. The molecule has 9 heteroatoms. The van der Waals surface area contributed by atoms with E-state index in [1.165, 1.54) is 12.1 Å². The number of ether oxygens (including phenoxy) is 2. The fourth-order valence-corrected chi connectivity index (χ4v) is 2.56. The third-order valence-corrected chi connectivity index (χ3v) is 3.75. The molecule has 0 fully saturated rings. The summed E-state index contributed by atoms with van der Waals surface area (Å²) in [7, 11) is 1.55. The van der Waals surface area contributed by atoms with Gasteiger partial charge in [-0.15, -0.1) is 11.8 Å². The van der Waals surface area contributed by atoms with Gasteiger partial charge in [-0.3, -0.25) is 9.59 Å². The van der Waals surface area contributed by atoms with Crippen molar-refractivity contribution in [1.82, 2.24) is 0 Å². The second-order valence-electron chi connectivity index (χ2n) is 4.04. The standard InChI is InChI=1S/C13H15Cl2NO5S/c1-20-2-3-21-13-9(14)4-8(5-10(13)15)16-11(17)6-22-7-12(18)19/h4-5H,2-3,6-7H2,1H3,(H,16,17)(H,18,19). The fourth-order valence-electron chi connectivity index (χ4n) is 1.43. The Hall–Kier alpha value is -1.15. The molecule has 0 bridgehead atoms. The molecule has 1 aromatic carbocycles. The zero-order chi connectivity index (χ0) is 16.5. The average Bonchev–Trinajstić information content (AvgIpc) is 2.41. The first kappa shape index (κ1) is 18.9. The number of aliphatic carboxylic acids is 1. The Kier molecular flexibility index (Phi) is 8.40. The number of hydrogen-bond donors (Lipinski definition) is 2. The van der Waals surface area contributed by atoms with Crippen molar-refractivity contribution in [2.24, 2.45) is 0 Å². The lowest BCUT2D eigenvalue weighted by Gasteiger charge is -2.12. The molecule has 0 spiro atoms. The molecule has 2 N–H and O–H groups in total. The Morgan fingerprint density at radius 3 is 2.41 bits per heavy atom. The minimum absolute atomic E-state index is 0.0215. The van der Waals surface area contributed by atoms with Crippen molar-refractivity contribution in [3.8, 4) is 5.75 Å². The van der Waals surface area contributed by atoms with Crippen LogP contribution in [0.1, 0.15) is 0 Å². The molecule has 0 unspecified atom stereocenters. The normalized spacial score (nSPS) is 10.3. The number of methoxy groups -OCH3 is 1. The predicted octanol–water partition coefficient (Wildman–Crippen LogP) is 2.77. The summed E-state index contributed by atoms with van der Waals surface area (Å²) in [5.41, 5.74) is 0.412. The summed E-state index contributed by atoms with van der Waals surface area (Å²) in [6.45, 7) is 0.694. The molecule has 0 atom stereocenters. The first-order valence-corrected chi connectivity index (χ1v) is 8.05. The molecular weight excluding hydrogens is 353 g/mol. The van der Waals surface area contributed by atoms with Crippen LogP contribution in [0.4, 0.5) is 5.69 Å². The van der Waals surface area contributed by atoms with E-state index in [1.807, 2.05) is 0 Å². The third kappa shape index (κ3) is 6.74. The highest BCUT2D eigenvalue weighted by Gasteiger charge is 2.12. The van der Waals surface area contributed by atoms with Crippen LogP contribution in [0.25, 0.3) is 0 Å². The number of hydrogen-bond acceptors (Lipinski definition) is 5. The zero-order valence-corrected chi connectivity index (χ0v) is 14.1. The minimum Gasteiger partial charge on any atom is -0.488 e. The van der Waals surface area contributed by atoms with E-state index >= 15 is 0 Å². The SMILES string of the molecule is COCCOc1c(Cl)cc(NC(=O)CSCC(=O)O)cc1Cl. The molecule has 0 radical (unpaired) electrons. The van der Waals surface area contributed by atoms with Crippen LogP contribution in [-0.4, -0.2) is 48.8 Å². The number of carboxylic acids is 1. The summed E-state index contributed by atoms with van der Waals surface area (Å²) >= 11 is 13.1. The monoisotopic (exact) mass is 367 g/mol. The molecule has 1 amide bonds. The van der Waals surface area contributed by atoms with Crippen LogP contribution in [0.2, 0.25) is 10.0 Å². The van der Waals surface area contributed by atoms with Crippen molar-refractivity contribution >= 4 is 52.5 Å². The Morgan fingerprint density at radius 2 is 1.86 bits per heavy atom. The van der Waals surface area contributed by atoms with E-state index in [-0.39, 0.29) is 27.5 Å². The van der Waals surface area contributed by atoms with E-state index in [9.17, 15) is 9.59 Å². The van der Waals surface area contributed by atoms with E-state index in [0.29, 0.717) is 24.7 Å². The molecule has 0 aliphatic carbocycles. The van der Waals surface area contributed by atoms with Crippen LogP contribution in [0.3, 0.4) is 0 Å². The molecule has 1 aromatic rings. The molecule has 6 nitrogen and oxygen atoms in total. The molecule has 0 saturated carbocycles. The highest BCUT2D eigenvalue weighted by atomic mass is 35.5. The Bertz CT molecular complexity index is 518. The van der Waals surface area contributed by atoms with Crippen molar-refractivity contribution < 1.29 is 24.2 Å². The Morgan fingerprint density at radius 1 is 1.23 bits per heavy atom. The minimum atomic E-state index is -0.971. The number of carboxylic acid groups (broad SMARTS) is 1. The maximum atomic E-state index is 11.7. The van der Waals surface area contributed by atoms with Gasteiger partial charge in [0, 0.05) is 12.8 Å². The lowest BCUT2D eigenvalue weighted by molar-refractivity contribution is -0.133. The number of thioether (sulfide) groups is 1. The van der Waals surface area contributed by atoms with Crippen LogP contribution in [0, 0.1) is 0 Å². The fraction of sp³-hybridized carbons (Fsp3) is 0.385. The summed E-state index contributed by atoms with van der Waals surface area (Å²) < 4.78 is 10.2. The number of rotatable bonds is 9. The lowest BCUT2D eigenvalue weighted by Crippen LogP contribution is -2.15.